The van der Waals surface area contributed by atoms with Crippen LogP contribution >= 0.6 is 0 Å². The van der Waals surface area contributed by atoms with Crippen molar-refractivity contribution in [2.75, 3.05) is 13.1 Å². The second kappa shape index (κ2) is 11.4. The zero-order valence-electron chi connectivity index (χ0n) is 22.8. The number of piperidine rings is 1. The molecule has 4 aromatic rings. The van der Waals surface area contributed by atoms with Crippen LogP contribution in [0.2, 0.25) is 0 Å². The quantitative estimate of drug-likeness (QED) is 0.353. The molecule has 0 radical (unpaired) electrons. The lowest BCUT2D eigenvalue weighted by molar-refractivity contribution is -0.141. The minimum atomic E-state index is -1.11. The third kappa shape index (κ3) is 5.73. The summed E-state index contributed by atoms with van der Waals surface area (Å²) >= 11 is 0. The lowest BCUT2D eigenvalue weighted by Gasteiger charge is -2.40. The highest BCUT2D eigenvalue weighted by Crippen LogP contribution is 2.31. The van der Waals surface area contributed by atoms with Crippen molar-refractivity contribution in [1.29, 1.82) is 0 Å². The maximum Gasteiger partial charge on any atom is 0.264 e. The van der Waals surface area contributed by atoms with E-state index in [0.29, 0.717) is 42.8 Å². The van der Waals surface area contributed by atoms with Crippen LogP contribution in [-0.2, 0) is 17.9 Å². The zero-order valence-corrected chi connectivity index (χ0v) is 22.8. The van der Waals surface area contributed by atoms with Crippen molar-refractivity contribution in [1.82, 2.24) is 29.2 Å². The molecule has 6 rings (SSSR count). The fourth-order valence-electron chi connectivity index (χ4n) is 5.88. The van der Waals surface area contributed by atoms with Gasteiger partial charge in [-0.1, -0.05) is 18.2 Å². The van der Waals surface area contributed by atoms with Crippen molar-refractivity contribution >= 4 is 16.9 Å². The van der Waals surface area contributed by atoms with Crippen LogP contribution in [0.1, 0.15) is 44.1 Å². The van der Waals surface area contributed by atoms with Crippen molar-refractivity contribution in [3.63, 3.8) is 0 Å². The highest BCUT2D eigenvalue weighted by Gasteiger charge is 2.37. The first-order valence-corrected chi connectivity index (χ1v) is 14.1. The van der Waals surface area contributed by atoms with Crippen LogP contribution in [0, 0.1) is 5.92 Å². The van der Waals surface area contributed by atoms with Gasteiger partial charge in [-0.25, -0.2) is 14.6 Å². The Labute approximate surface area is 237 Å². The van der Waals surface area contributed by atoms with Gasteiger partial charge in [0.2, 0.25) is 11.8 Å². The normalized spacial score (nSPS) is 20.7. The topological polar surface area (TPSA) is 136 Å². The number of hydrogen-bond acceptors (Lipinski definition) is 8. The Morgan fingerprint density at radius 2 is 1.78 bits per heavy atom. The lowest BCUT2D eigenvalue weighted by atomic mass is 9.85. The van der Waals surface area contributed by atoms with Gasteiger partial charge in [0, 0.05) is 31.3 Å². The van der Waals surface area contributed by atoms with Crippen LogP contribution < -0.4 is 10.3 Å². The monoisotopic (exact) mass is 558 g/mol. The van der Waals surface area contributed by atoms with Gasteiger partial charge in [0.25, 0.3) is 5.56 Å². The zero-order chi connectivity index (χ0) is 28.4. The number of amides is 1. The summed E-state index contributed by atoms with van der Waals surface area (Å²) in [5, 5.41) is 25.3. The van der Waals surface area contributed by atoms with E-state index < -0.39 is 5.60 Å². The summed E-state index contributed by atoms with van der Waals surface area (Å²) in [6.45, 7) is 0.947. The number of pyridine rings is 1. The lowest BCUT2D eigenvalue weighted by Crippen LogP contribution is -2.51. The van der Waals surface area contributed by atoms with Gasteiger partial charge in [-0.05, 0) is 62.3 Å². The Hall–Kier alpha value is -4.09. The first-order chi connectivity index (χ1) is 19.9. The standard InChI is InChI=1S/C30H34N6O5/c37-18-21-4-8-23(9-5-21)36-27-25(17-33-36)29(39)35(20-32-27)19-30(40)12-15-34(16-13-30)28(38)22-6-10-24(11-7-22)41-26-3-1-2-14-31-26/h1-5,8-9,14,17,20,22,24,37,40H,6-7,10-13,15-16,18-19H2/t22-,24+. The largest absolute Gasteiger partial charge is 0.474 e. The fourth-order valence-corrected chi connectivity index (χ4v) is 5.88. The van der Waals surface area contributed by atoms with E-state index in [9.17, 15) is 19.8 Å². The van der Waals surface area contributed by atoms with Gasteiger partial charge >= 0.3 is 0 Å². The number of benzene rings is 1. The number of likely N-dealkylation sites (tertiary alicyclic amines) is 1. The number of fused-ring (bicyclic) bond motifs is 1. The Balaban J connectivity index is 1.05. The molecule has 2 N–H and O–H groups in total. The van der Waals surface area contributed by atoms with Gasteiger partial charge in [0.15, 0.2) is 5.65 Å². The SMILES string of the molecule is O=c1c2cnn(-c3ccc(CO)cc3)c2ncn1CC1(O)CCN(C(=O)[C@H]2CC[C@@H](Oc3ccccn3)CC2)CC1. The number of nitrogens with zero attached hydrogens (tertiary/aromatic N) is 6. The maximum absolute atomic E-state index is 13.3. The summed E-state index contributed by atoms with van der Waals surface area (Å²) in [5.74, 6) is 0.729. The van der Waals surface area contributed by atoms with E-state index in [1.807, 2.05) is 35.2 Å². The molecular weight excluding hydrogens is 524 g/mol. The second-order valence-electron chi connectivity index (χ2n) is 11.1. The summed E-state index contributed by atoms with van der Waals surface area (Å²) < 4.78 is 8.98. The van der Waals surface area contributed by atoms with E-state index in [1.54, 1.807) is 23.0 Å². The number of hydrogen-bond donors (Lipinski definition) is 2. The summed E-state index contributed by atoms with van der Waals surface area (Å²) in [7, 11) is 0. The Morgan fingerprint density at radius 1 is 1.02 bits per heavy atom. The van der Waals surface area contributed by atoms with Crippen LogP contribution in [0.15, 0.2) is 66.0 Å². The number of carbonyl (C=O) groups is 1. The third-order valence-electron chi connectivity index (χ3n) is 8.34. The molecule has 41 heavy (non-hydrogen) atoms. The number of aliphatic hydroxyl groups excluding tert-OH is 1. The molecule has 4 heterocycles. The minimum Gasteiger partial charge on any atom is -0.474 e. The van der Waals surface area contributed by atoms with Crippen LogP contribution in [0.5, 0.6) is 5.88 Å². The summed E-state index contributed by atoms with van der Waals surface area (Å²) in [6, 6.07) is 12.8. The van der Waals surface area contributed by atoms with Gasteiger partial charge in [-0.15, -0.1) is 0 Å². The molecule has 1 aliphatic heterocycles. The highest BCUT2D eigenvalue weighted by atomic mass is 16.5. The minimum absolute atomic E-state index is 0.0321. The van der Waals surface area contributed by atoms with Crippen molar-refractivity contribution < 1.29 is 19.7 Å². The molecule has 1 saturated heterocycles. The van der Waals surface area contributed by atoms with Crippen LogP contribution in [0.4, 0.5) is 0 Å². The Bertz CT molecular complexity index is 1550. The number of carbonyl (C=O) groups excluding carboxylic acids is 1. The molecule has 1 amide bonds. The van der Waals surface area contributed by atoms with Gasteiger partial charge in [-0.3, -0.25) is 14.2 Å². The summed E-state index contributed by atoms with van der Waals surface area (Å²) in [6.07, 6.45) is 8.67. The van der Waals surface area contributed by atoms with Crippen molar-refractivity contribution in [2.24, 2.45) is 5.92 Å². The van der Waals surface area contributed by atoms with Crippen LogP contribution in [0.3, 0.4) is 0 Å². The predicted molar refractivity (Wildman–Crippen MR) is 150 cm³/mol. The smallest absolute Gasteiger partial charge is 0.264 e. The van der Waals surface area contributed by atoms with Crippen molar-refractivity contribution in [3.8, 4) is 11.6 Å². The average molecular weight is 559 g/mol. The molecule has 0 atom stereocenters. The molecule has 0 bridgehead atoms. The van der Waals surface area contributed by atoms with E-state index >= 15 is 0 Å². The molecule has 0 spiro atoms. The summed E-state index contributed by atoms with van der Waals surface area (Å²) in [5.41, 5.74) is 0.549. The molecule has 1 aliphatic carbocycles. The maximum atomic E-state index is 13.3. The van der Waals surface area contributed by atoms with E-state index in [-0.39, 0.29) is 36.6 Å². The molecule has 2 aliphatic rings. The molecule has 3 aromatic heterocycles. The van der Waals surface area contributed by atoms with Crippen LogP contribution in [-0.4, -0.2) is 70.1 Å². The third-order valence-corrected chi connectivity index (χ3v) is 8.34. The number of rotatable bonds is 7. The molecule has 11 nitrogen and oxygen atoms in total. The van der Waals surface area contributed by atoms with Gasteiger partial charge < -0.3 is 19.8 Å². The average Bonchev–Trinajstić information content (AvgIpc) is 3.44. The van der Waals surface area contributed by atoms with Gasteiger partial charge in [0.1, 0.15) is 17.8 Å². The van der Waals surface area contributed by atoms with Crippen LogP contribution in [0.25, 0.3) is 16.7 Å². The fraction of sp³-hybridized carbons (Fsp3) is 0.433. The molecule has 0 unspecified atom stereocenters. The molecular formula is C30H34N6O5. The predicted octanol–water partition coefficient (Wildman–Crippen LogP) is 2.46. The number of aromatic nitrogens is 5. The molecule has 1 aromatic carbocycles. The van der Waals surface area contributed by atoms with Gasteiger partial charge in [-0.2, -0.15) is 5.10 Å². The first kappa shape index (κ1) is 27.1. The van der Waals surface area contributed by atoms with Gasteiger partial charge in [0.05, 0.1) is 30.6 Å². The van der Waals surface area contributed by atoms with E-state index in [0.717, 1.165) is 36.9 Å². The highest BCUT2D eigenvalue weighted by molar-refractivity contribution is 5.79. The number of aliphatic hydroxyl groups is 2. The Morgan fingerprint density at radius 3 is 2.46 bits per heavy atom. The van der Waals surface area contributed by atoms with Crippen molar-refractivity contribution in [2.45, 2.75) is 63.4 Å². The molecule has 1 saturated carbocycles. The van der Waals surface area contributed by atoms with E-state index in [2.05, 4.69) is 15.1 Å². The Kier molecular flexibility index (Phi) is 7.55. The number of ether oxygens (including phenoxy) is 1. The molecule has 2 fully saturated rings. The van der Waals surface area contributed by atoms with E-state index in [4.69, 9.17) is 4.74 Å². The second-order valence-corrected chi connectivity index (χ2v) is 11.1. The summed E-state index contributed by atoms with van der Waals surface area (Å²) in [4.78, 5) is 37.1. The first-order valence-electron chi connectivity index (χ1n) is 14.1. The molecule has 11 heteroatoms. The molecule has 214 valence electrons. The van der Waals surface area contributed by atoms with Crippen molar-refractivity contribution in [3.05, 3.63) is 77.1 Å². The van der Waals surface area contributed by atoms with E-state index in [1.165, 1.54) is 17.1 Å².